The third kappa shape index (κ3) is 3.03. The maximum absolute atomic E-state index is 10.6. The number of nitrogens with zero attached hydrogens (tertiary/aromatic N) is 1. The third-order valence-electron chi connectivity index (χ3n) is 7.28. The van der Waals surface area contributed by atoms with E-state index in [1.165, 1.54) is 57.9 Å². The number of hydrogen-bond donors (Lipinski definition) is 1. The fraction of sp³-hybridized carbons (Fsp3) is 1.00. The molecule has 1 aliphatic heterocycles. The van der Waals surface area contributed by atoms with Crippen molar-refractivity contribution in [2.75, 3.05) is 6.54 Å². The second-order valence-electron chi connectivity index (χ2n) is 8.63. The number of hydrogen-bond acceptors (Lipinski definition) is 2. The number of likely N-dealkylation sites (tertiary alicyclic amines) is 1. The topological polar surface area (TPSA) is 23.5 Å². The van der Waals surface area contributed by atoms with Gasteiger partial charge in [-0.1, -0.05) is 40.0 Å². The van der Waals surface area contributed by atoms with Crippen molar-refractivity contribution < 1.29 is 5.11 Å². The fourth-order valence-electron chi connectivity index (χ4n) is 5.34. The van der Waals surface area contributed by atoms with E-state index in [4.69, 9.17) is 0 Å². The summed E-state index contributed by atoms with van der Waals surface area (Å²) in [6, 6.07) is 1.24. The summed E-state index contributed by atoms with van der Waals surface area (Å²) in [5, 5.41) is 10.6. The van der Waals surface area contributed by atoms with Gasteiger partial charge in [0.2, 0.25) is 0 Å². The molecule has 2 heteroatoms. The summed E-state index contributed by atoms with van der Waals surface area (Å²) < 4.78 is 0. The Balaban J connectivity index is 1.71. The second kappa shape index (κ2) is 6.20. The molecular formula is C19H35NO. The van der Waals surface area contributed by atoms with Crippen LogP contribution in [0.2, 0.25) is 0 Å². The van der Waals surface area contributed by atoms with E-state index >= 15 is 0 Å². The first-order chi connectivity index (χ1) is 10.0. The largest absolute Gasteiger partial charge is 0.391 e. The van der Waals surface area contributed by atoms with Gasteiger partial charge in [-0.15, -0.1) is 0 Å². The summed E-state index contributed by atoms with van der Waals surface area (Å²) >= 11 is 0. The number of rotatable bonds is 3. The van der Waals surface area contributed by atoms with Crippen molar-refractivity contribution in [3.63, 3.8) is 0 Å². The van der Waals surface area contributed by atoms with Crippen molar-refractivity contribution in [1.82, 2.24) is 4.90 Å². The Bertz CT molecular complexity index is 353. The van der Waals surface area contributed by atoms with Crippen LogP contribution < -0.4 is 0 Å². The quantitative estimate of drug-likeness (QED) is 0.842. The Hall–Kier alpha value is -0.0800. The molecule has 2 aliphatic carbocycles. The molecule has 122 valence electrons. The van der Waals surface area contributed by atoms with Gasteiger partial charge in [-0.2, -0.15) is 0 Å². The van der Waals surface area contributed by atoms with Gasteiger partial charge >= 0.3 is 0 Å². The predicted octanol–water partition coefficient (Wildman–Crippen LogP) is 4.22. The van der Waals surface area contributed by atoms with Crippen molar-refractivity contribution in [2.45, 2.75) is 96.7 Å². The van der Waals surface area contributed by atoms with E-state index in [9.17, 15) is 5.11 Å². The first-order valence-corrected chi connectivity index (χ1v) is 9.46. The fourth-order valence-corrected chi connectivity index (χ4v) is 5.34. The highest BCUT2D eigenvalue weighted by molar-refractivity contribution is 4.98. The van der Waals surface area contributed by atoms with Gasteiger partial charge in [-0.05, 0) is 62.3 Å². The van der Waals surface area contributed by atoms with Gasteiger partial charge in [0.15, 0.2) is 0 Å². The van der Waals surface area contributed by atoms with Crippen molar-refractivity contribution >= 4 is 0 Å². The molecule has 5 unspecified atom stereocenters. The Morgan fingerprint density at radius 1 is 1.00 bits per heavy atom. The summed E-state index contributed by atoms with van der Waals surface area (Å²) in [5.74, 6) is 1.73. The van der Waals surface area contributed by atoms with Gasteiger partial charge in [-0.25, -0.2) is 0 Å². The van der Waals surface area contributed by atoms with E-state index in [1.54, 1.807) is 0 Å². The molecule has 3 fully saturated rings. The zero-order valence-electron chi connectivity index (χ0n) is 14.4. The number of aliphatic hydroxyl groups excluding tert-OH is 1. The van der Waals surface area contributed by atoms with Gasteiger partial charge in [0, 0.05) is 12.1 Å². The zero-order valence-corrected chi connectivity index (χ0v) is 14.4. The molecule has 1 N–H and O–H groups in total. The van der Waals surface area contributed by atoms with E-state index in [2.05, 4.69) is 25.7 Å². The van der Waals surface area contributed by atoms with E-state index in [-0.39, 0.29) is 6.10 Å². The smallest absolute Gasteiger partial charge is 0.0695 e. The van der Waals surface area contributed by atoms with Crippen molar-refractivity contribution in [3.8, 4) is 0 Å². The summed E-state index contributed by atoms with van der Waals surface area (Å²) in [4.78, 5) is 2.74. The summed E-state index contributed by atoms with van der Waals surface area (Å²) in [6.45, 7) is 8.43. The first-order valence-electron chi connectivity index (χ1n) is 9.46. The van der Waals surface area contributed by atoms with Crippen LogP contribution in [0.25, 0.3) is 0 Å². The normalized spacial score (nSPS) is 42.0. The van der Waals surface area contributed by atoms with Gasteiger partial charge < -0.3 is 5.11 Å². The minimum atomic E-state index is -0.0745. The number of aliphatic hydroxyl groups is 1. The third-order valence-corrected chi connectivity index (χ3v) is 7.28. The van der Waals surface area contributed by atoms with E-state index in [0.29, 0.717) is 11.5 Å². The lowest BCUT2D eigenvalue weighted by Crippen LogP contribution is -2.52. The lowest BCUT2D eigenvalue weighted by atomic mass is 9.67. The molecule has 0 bridgehead atoms. The van der Waals surface area contributed by atoms with Crippen molar-refractivity contribution in [3.05, 3.63) is 0 Å². The van der Waals surface area contributed by atoms with Crippen LogP contribution in [-0.4, -0.2) is 34.7 Å². The van der Waals surface area contributed by atoms with Crippen LogP contribution in [0.4, 0.5) is 0 Å². The highest BCUT2D eigenvalue weighted by Crippen LogP contribution is 2.45. The summed E-state index contributed by atoms with van der Waals surface area (Å²) in [7, 11) is 0. The maximum atomic E-state index is 10.6. The SMILES string of the molecule is CCC(C)(C)C1CCC(O)C(N2CCC3CCCCC32)C1. The predicted molar refractivity (Wildman–Crippen MR) is 88.3 cm³/mol. The maximum Gasteiger partial charge on any atom is 0.0695 e. The van der Waals surface area contributed by atoms with Crippen LogP contribution in [0.15, 0.2) is 0 Å². The van der Waals surface area contributed by atoms with E-state index in [1.807, 2.05) is 0 Å². The average molecular weight is 293 g/mol. The molecule has 0 radical (unpaired) electrons. The van der Waals surface area contributed by atoms with Crippen LogP contribution in [0.1, 0.15) is 78.6 Å². The molecule has 2 saturated carbocycles. The Morgan fingerprint density at radius 3 is 2.52 bits per heavy atom. The van der Waals surface area contributed by atoms with Crippen LogP contribution in [0, 0.1) is 17.3 Å². The molecule has 0 aromatic heterocycles. The van der Waals surface area contributed by atoms with Crippen LogP contribution in [0.3, 0.4) is 0 Å². The standard InChI is InChI=1S/C19H35NO/c1-4-19(2,3)15-9-10-18(21)17(13-15)20-12-11-14-7-5-6-8-16(14)20/h14-18,21H,4-13H2,1-3H3. The molecule has 3 aliphatic rings. The molecule has 1 saturated heterocycles. The highest BCUT2D eigenvalue weighted by Gasteiger charge is 2.45. The van der Waals surface area contributed by atoms with Gasteiger partial charge in [0.1, 0.15) is 0 Å². The molecule has 3 rings (SSSR count). The average Bonchev–Trinajstić information content (AvgIpc) is 2.91. The molecule has 0 amide bonds. The monoisotopic (exact) mass is 293 g/mol. The molecule has 1 heterocycles. The summed E-state index contributed by atoms with van der Waals surface area (Å²) in [6.07, 6.45) is 11.7. The molecule has 5 atom stereocenters. The van der Waals surface area contributed by atoms with E-state index < -0.39 is 0 Å². The Morgan fingerprint density at radius 2 is 1.76 bits per heavy atom. The number of fused-ring (bicyclic) bond motifs is 1. The van der Waals surface area contributed by atoms with Crippen LogP contribution in [-0.2, 0) is 0 Å². The van der Waals surface area contributed by atoms with E-state index in [0.717, 1.165) is 24.3 Å². The molecule has 2 nitrogen and oxygen atoms in total. The summed E-state index contributed by atoms with van der Waals surface area (Å²) in [5.41, 5.74) is 0.435. The van der Waals surface area contributed by atoms with Gasteiger partial charge in [0.05, 0.1) is 6.10 Å². The highest BCUT2D eigenvalue weighted by atomic mass is 16.3. The van der Waals surface area contributed by atoms with Crippen LogP contribution >= 0.6 is 0 Å². The van der Waals surface area contributed by atoms with Crippen molar-refractivity contribution in [2.24, 2.45) is 17.3 Å². The molecule has 0 aromatic carbocycles. The minimum absolute atomic E-state index is 0.0745. The Labute approximate surface area is 131 Å². The molecule has 0 aromatic rings. The van der Waals surface area contributed by atoms with Gasteiger partial charge in [0.25, 0.3) is 0 Å². The van der Waals surface area contributed by atoms with Gasteiger partial charge in [-0.3, -0.25) is 4.90 Å². The lowest BCUT2D eigenvalue weighted by molar-refractivity contribution is -0.0321. The van der Waals surface area contributed by atoms with Crippen LogP contribution in [0.5, 0.6) is 0 Å². The Kier molecular flexibility index (Phi) is 4.66. The lowest BCUT2D eigenvalue weighted by Gasteiger charge is -2.47. The first kappa shape index (κ1) is 15.8. The van der Waals surface area contributed by atoms with Crippen molar-refractivity contribution in [1.29, 1.82) is 0 Å². The zero-order chi connectivity index (χ0) is 15.0. The molecular weight excluding hydrogens is 258 g/mol. The molecule has 0 spiro atoms. The minimum Gasteiger partial charge on any atom is -0.391 e. The molecule has 21 heavy (non-hydrogen) atoms. The second-order valence-corrected chi connectivity index (χ2v) is 8.63.